The third-order valence-electron chi connectivity index (χ3n) is 3.84. The van der Waals surface area contributed by atoms with Crippen LogP contribution < -0.4 is 15.4 Å². The molecule has 0 saturated carbocycles. The highest BCUT2D eigenvalue weighted by molar-refractivity contribution is 6.04. The van der Waals surface area contributed by atoms with Gasteiger partial charge in [-0.15, -0.1) is 0 Å². The van der Waals surface area contributed by atoms with Gasteiger partial charge in [-0.05, 0) is 36.0 Å². The second-order valence-corrected chi connectivity index (χ2v) is 6.78. The summed E-state index contributed by atoms with van der Waals surface area (Å²) in [5.41, 5.74) is 0.880. The number of imide groups is 1. The van der Waals surface area contributed by atoms with Crippen LogP contribution in [0.2, 0.25) is 0 Å². The Balaban J connectivity index is 1.84. The first-order chi connectivity index (χ1) is 11.3. The van der Waals surface area contributed by atoms with E-state index in [9.17, 15) is 14.4 Å². The average Bonchev–Trinajstić information content (AvgIpc) is 2.77. The highest BCUT2D eigenvalue weighted by Gasteiger charge is 2.29. The number of hydrogen-bond donors (Lipinski definition) is 2. The molecule has 0 unspecified atom stereocenters. The quantitative estimate of drug-likeness (QED) is 0.456. The molecule has 6 heteroatoms. The number of esters is 1. The molecule has 3 amide bonds. The molecule has 1 fully saturated rings. The van der Waals surface area contributed by atoms with E-state index in [-0.39, 0.29) is 11.9 Å². The van der Waals surface area contributed by atoms with Crippen molar-refractivity contribution in [1.29, 1.82) is 0 Å². The van der Waals surface area contributed by atoms with Gasteiger partial charge in [-0.1, -0.05) is 32.9 Å². The van der Waals surface area contributed by atoms with Crippen molar-refractivity contribution in [1.82, 2.24) is 10.6 Å². The normalized spacial score (nSPS) is 18.2. The monoisotopic (exact) mass is 332 g/mol. The first kappa shape index (κ1) is 18.0. The Kier molecular flexibility index (Phi) is 5.95. The number of nitrogens with one attached hydrogen (secondary N) is 2. The molecule has 1 heterocycles. The van der Waals surface area contributed by atoms with Gasteiger partial charge in [0.05, 0.1) is 0 Å². The van der Waals surface area contributed by atoms with Gasteiger partial charge in [0.1, 0.15) is 11.8 Å². The molecule has 2 rings (SSSR count). The van der Waals surface area contributed by atoms with Crippen LogP contribution in [0.1, 0.15) is 39.2 Å². The Hall–Kier alpha value is -2.37. The molecule has 130 valence electrons. The lowest BCUT2D eigenvalue weighted by Crippen LogP contribution is -2.31. The summed E-state index contributed by atoms with van der Waals surface area (Å²) in [5.74, 6) is 0.773. The van der Waals surface area contributed by atoms with Crippen molar-refractivity contribution >= 4 is 17.9 Å². The van der Waals surface area contributed by atoms with E-state index >= 15 is 0 Å². The average molecular weight is 332 g/mol. The molecular formula is C18H24N2O4. The Morgan fingerprint density at radius 2 is 1.83 bits per heavy atom. The molecule has 0 spiro atoms. The molecule has 24 heavy (non-hydrogen) atoms. The molecule has 0 radical (unpaired) electrons. The van der Waals surface area contributed by atoms with Gasteiger partial charge in [-0.2, -0.15) is 0 Å². The van der Waals surface area contributed by atoms with Crippen LogP contribution in [0, 0.1) is 11.8 Å². The Labute approximate surface area is 142 Å². The lowest BCUT2D eigenvalue weighted by molar-refractivity contribution is -0.135. The third kappa shape index (κ3) is 5.37. The summed E-state index contributed by atoms with van der Waals surface area (Å²) >= 11 is 0. The minimum atomic E-state index is -0.553. The van der Waals surface area contributed by atoms with Crippen LogP contribution in [0.25, 0.3) is 0 Å². The van der Waals surface area contributed by atoms with E-state index < -0.39 is 12.1 Å². The van der Waals surface area contributed by atoms with E-state index in [1.54, 1.807) is 24.3 Å². The minimum Gasteiger partial charge on any atom is -0.427 e. The minimum absolute atomic E-state index is 0.238. The van der Waals surface area contributed by atoms with E-state index in [0.717, 1.165) is 12.0 Å². The van der Waals surface area contributed by atoms with Gasteiger partial charge in [0.2, 0.25) is 0 Å². The predicted octanol–water partition coefficient (Wildman–Crippen LogP) is 2.41. The van der Waals surface area contributed by atoms with Crippen molar-refractivity contribution in [2.24, 2.45) is 11.8 Å². The predicted molar refractivity (Wildman–Crippen MR) is 89.5 cm³/mol. The van der Waals surface area contributed by atoms with E-state index in [2.05, 4.69) is 24.5 Å². The number of rotatable bonds is 7. The van der Waals surface area contributed by atoms with E-state index in [1.807, 2.05) is 6.92 Å². The van der Waals surface area contributed by atoms with Gasteiger partial charge in [0.15, 0.2) is 0 Å². The summed E-state index contributed by atoms with van der Waals surface area (Å²) < 4.78 is 5.34. The fourth-order valence-electron chi connectivity index (χ4n) is 2.88. The molecule has 6 nitrogen and oxygen atoms in total. The van der Waals surface area contributed by atoms with Crippen molar-refractivity contribution in [3.05, 3.63) is 29.8 Å². The number of carbonyl (C=O) groups excluding carboxylic acids is 3. The molecule has 1 aliphatic rings. The zero-order valence-corrected chi connectivity index (χ0v) is 14.3. The zero-order chi connectivity index (χ0) is 17.7. The largest absolute Gasteiger partial charge is 0.427 e. The topological polar surface area (TPSA) is 84.5 Å². The van der Waals surface area contributed by atoms with Crippen LogP contribution in [0.5, 0.6) is 5.75 Å². The van der Waals surface area contributed by atoms with Gasteiger partial charge in [0, 0.05) is 12.8 Å². The summed E-state index contributed by atoms with van der Waals surface area (Å²) in [6.07, 6.45) is 1.79. The summed E-state index contributed by atoms with van der Waals surface area (Å²) in [6.45, 7) is 6.31. The zero-order valence-electron chi connectivity index (χ0n) is 14.3. The van der Waals surface area contributed by atoms with Gasteiger partial charge >= 0.3 is 12.0 Å². The molecule has 0 aromatic heterocycles. The van der Waals surface area contributed by atoms with Crippen molar-refractivity contribution in [3.63, 3.8) is 0 Å². The Morgan fingerprint density at radius 1 is 1.17 bits per heavy atom. The van der Waals surface area contributed by atoms with E-state index in [0.29, 0.717) is 30.4 Å². The molecule has 1 aromatic carbocycles. The lowest BCUT2D eigenvalue weighted by atomic mass is 9.96. The van der Waals surface area contributed by atoms with Crippen molar-refractivity contribution in [3.8, 4) is 5.75 Å². The van der Waals surface area contributed by atoms with Crippen molar-refractivity contribution in [2.45, 2.75) is 46.1 Å². The maximum atomic E-state index is 11.9. The molecular weight excluding hydrogens is 308 g/mol. The van der Waals surface area contributed by atoms with Crippen LogP contribution in [-0.2, 0) is 16.0 Å². The third-order valence-corrected chi connectivity index (χ3v) is 3.84. The summed E-state index contributed by atoms with van der Waals surface area (Å²) in [5, 5.41) is 4.75. The first-order valence-electron chi connectivity index (χ1n) is 8.24. The second kappa shape index (κ2) is 7.95. The molecule has 1 aliphatic heterocycles. The lowest BCUT2D eigenvalue weighted by Gasteiger charge is -2.13. The Bertz CT molecular complexity index is 610. The molecule has 2 atom stereocenters. The molecule has 0 aliphatic carbocycles. The number of benzene rings is 1. The van der Waals surface area contributed by atoms with Gasteiger partial charge in [-0.3, -0.25) is 14.9 Å². The van der Waals surface area contributed by atoms with E-state index in [1.165, 1.54) is 0 Å². The summed E-state index contributed by atoms with van der Waals surface area (Å²) in [6, 6.07) is 5.97. The highest BCUT2D eigenvalue weighted by atomic mass is 16.5. The molecule has 2 N–H and O–H groups in total. The number of urea groups is 1. The van der Waals surface area contributed by atoms with E-state index in [4.69, 9.17) is 4.74 Å². The van der Waals surface area contributed by atoms with Gasteiger partial charge < -0.3 is 10.1 Å². The number of amides is 3. The standard InChI is InChI=1S/C18H24N2O4/c1-11(2)8-12(3)9-16(21)24-14-6-4-13(5-7-14)10-15-17(22)20-18(23)19-15/h4-7,11-12,15H,8-10H2,1-3H3,(H2,19,20,22,23)/t12-,15+/m0/s1. The molecule has 0 bridgehead atoms. The van der Waals surface area contributed by atoms with Crippen molar-refractivity contribution in [2.75, 3.05) is 0 Å². The highest BCUT2D eigenvalue weighted by Crippen LogP contribution is 2.18. The van der Waals surface area contributed by atoms with Gasteiger partial charge in [0.25, 0.3) is 5.91 Å². The van der Waals surface area contributed by atoms with Crippen molar-refractivity contribution < 1.29 is 19.1 Å². The maximum Gasteiger partial charge on any atom is 0.322 e. The fraction of sp³-hybridized carbons (Fsp3) is 0.500. The maximum absolute atomic E-state index is 11.9. The van der Waals surface area contributed by atoms with Crippen LogP contribution >= 0.6 is 0 Å². The smallest absolute Gasteiger partial charge is 0.322 e. The first-order valence-corrected chi connectivity index (χ1v) is 8.24. The summed E-state index contributed by atoms with van der Waals surface area (Å²) in [4.78, 5) is 34.5. The number of carbonyl (C=O) groups is 3. The second-order valence-electron chi connectivity index (χ2n) is 6.78. The molecule has 1 saturated heterocycles. The summed E-state index contributed by atoms with van der Waals surface area (Å²) in [7, 11) is 0. The van der Waals surface area contributed by atoms with Gasteiger partial charge in [-0.25, -0.2) is 4.79 Å². The Morgan fingerprint density at radius 3 is 2.38 bits per heavy atom. The SMILES string of the molecule is CC(C)C[C@H](C)CC(=O)Oc1ccc(C[C@H]2NC(=O)NC2=O)cc1. The fourth-order valence-corrected chi connectivity index (χ4v) is 2.88. The van der Waals surface area contributed by atoms with Crippen LogP contribution in [0.3, 0.4) is 0 Å². The van der Waals surface area contributed by atoms with Crippen LogP contribution in [0.4, 0.5) is 4.79 Å². The van der Waals surface area contributed by atoms with Crippen LogP contribution in [-0.4, -0.2) is 23.9 Å². The van der Waals surface area contributed by atoms with Crippen LogP contribution in [0.15, 0.2) is 24.3 Å². The number of hydrogen-bond acceptors (Lipinski definition) is 4. The number of ether oxygens (including phenoxy) is 1. The molecule has 1 aromatic rings.